The summed E-state index contributed by atoms with van der Waals surface area (Å²) >= 11 is 0. The number of hydrogen-bond acceptors (Lipinski definition) is 2. The number of nitrogens with zero attached hydrogens (tertiary/aromatic N) is 1. The van der Waals surface area contributed by atoms with Gasteiger partial charge in [0.2, 0.25) is 5.91 Å². The lowest BCUT2D eigenvalue weighted by molar-refractivity contribution is -0.138. The molecule has 0 heterocycles. The Bertz CT molecular complexity index is 504. The third-order valence-corrected chi connectivity index (χ3v) is 2.61. The minimum Gasteiger partial charge on any atom is -0.481 e. The number of carbonyl (C=O) groups excluding carboxylic acids is 1. The third-order valence-electron chi connectivity index (χ3n) is 2.61. The first-order chi connectivity index (χ1) is 9.38. The van der Waals surface area contributed by atoms with E-state index < -0.39 is 5.97 Å². The van der Waals surface area contributed by atoms with Gasteiger partial charge in [0.1, 0.15) is 5.82 Å². The molecule has 0 fully saturated rings. The fourth-order valence-corrected chi connectivity index (χ4v) is 1.65. The van der Waals surface area contributed by atoms with Crippen LogP contribution in [0.1, 0.15) is 25.8 Å². The zero-order valence-corrected chi connectivity index (χ0v) is 11.6. The molecule has 0 saturated carbocycles. The Labute approximate surface area is 117 Å². The predicted molar refractivity (Wildman–Crippen MR) is 73.5 cm³/mol. The number of hydrogen-bond donors (Lipinski definition) is 1. The Kier molecular flexibility index (Phi) is 5.90. The highest BCUT2D eigenvalue weighted by molar-refractivity contribution is 5.88. The summed E-state index contributed by atoms with van der Waals surface area (Å²) in [6.07, 6.45) is 1.34. The summed E-state index contributed by atoms with van der Waals surface area (Å²) < 4.78 is 12.8. The van der Waals surface area contributed by atoms with E-state index in [4.69, 9.17) is 5.11 Å². The van der Waals surface area contributed by atoms with Crippen molar-refractivity contribution in [2.24, 2.45) is 0 Å². The van der Waals surface area contributed by atoms with Gasteiger partial charge in [0.05, 0.1) is 6.42 Å². The van der Waals surface area contributed by atoms with E-state index in [9.17, 15) is 14.0 Å². The van der Waals surface area contributed by atoms with Gasteiger partial charge in [-0.3, -0.25) is 9.59 Å². The average Bonchev–Trinajstić information content (AvgIpc) is 2.35. The average molecular weight is 279 g/mol. The summed E-state index contributed by atoms with van der Waals surface area (Å²) in [4.78, 5) is 24.1. The lowest BCUT2D eigenvalue weighted by Gasteiger charge is -2.21. The number of halogens is 1. The summed E-state index contributed by atoms with van der Waals surface area (Å²) in [5, 5.41) is 8.73. The van der Waals surface area contributed by atoms with Crippen LogP contribution in [-0.2, 0) is 16.1 Å². The molecular weight excluding hydrogens is 261 g/mol. The fourth-order valence-electron chi connectivity index (χ4n) is 1.65. The first kappa shape index (κ1) is 15.9. The zero-order valence-electron chi connectivity index (χ0n) is 11.6. The minimum absolute atomic E-state index is 0.120. The molecule has 1 aromatic rings. The molecule has 0 bridgehead atoms. The molecule has 1 amide bonds. The van der Waals surface area contributed by atoms with Gasteiger partial charge in [-0.25, -0.2) is 4.39 Å². The van der Waals surface area contributed by atoms with Crippen molar-refractivity contribution in [3.05, 3.63) is 47.3 Å². The van der Waals surface area contributed by atoms with E-state index in [2.05, 4.69) is 0 Å². The maximum Gasteiger partial charge on any atom is 0.305 e. The fraction of sp³-hybridized carbons (Fsp3) is 0.333. The third kappa shape index (κ3) is 5.65. The van der Waals surface area contributed by atoms with E-state index in [1.807, 2.05) is 0 Å². The number of benzene rings is 1. The van der Waals surface area contributed by atoms with Crippen molar-refractivity contribution in [2.75, 3.05) is 6.54 Å². The zero-order chi connectivity index (χ0) is 15.1. The molecule has 0 radical (unpaired) electrons. The molecule has 1 rings (SSSR count). The molecule has 1 aromatic carbocycles. The van der Waals surface area contributed by atoms with Crippen LogP contribution in [0.15, 0.2) is 35.9 Å². The van der Waals surface area contributed by atoms with Gasteiger partial charge in [-0.2, -0.15) is 0 Å². The second-order valence-corrected chi connectivity index (χ2v) is 4.75. The molecule has 5 heteroatoms. The quantitative estimate of drug-likeness (QED) is 0.814. The number of rotatable bonds is 6. The number of carboxylic acid groups (broad SMARTS) is 1. The molecular formula is C15H18FNO3. The van der Waals surface area contributed by atoms with Gasteiger partial charge in [-0.1, -0.05) is 17.7 Å². The van der Waals surface area contributed by atoms with Gasteiger partial charge in [-0.05, 0) is 31.5 Å². The highest BCUT2D eigenvalue weighted by atomic mass is 19.1. The smallest absolute Gasteiger partial charge is 0.305 e. The lowest BCUT2D eigenvalue weighted by Crippen LogP contribution is -2.31. The Morgan fingerprint density at radius 3 is 2.35 bits per heavy atom. The Morgan fingerprint density at radius 2 is 1.85 bits per heavy atom. The lowest BCUT2D eigenvalue weighted by atomic mass is 10.2. The molecule has 0 spiro atoms. The number of aliphatic carboxylic acids is 1. The van der Waals surface area contributed by atoms with Crippen LogP contribution in [-0.4, -0.2) is 28.4 Å². The highest BCUT2D eigenvalue weighted by Gasteiger charge is 2.13. The predicted octanol–water partition coefficient (Wildman–Crippen LogP) is 2.60. The van der Waals surface area contributed by atoms with Crippen molar-refractivity contribution in [2.45, 2.75) is 26.8 Å². The maximum atomic E-state index is 12.8. The molecule has 0 aliphatic carbocycles. The number of amides is 1. The SMILES string of the molecule is CC(C)=CC(=O)N(CCC(=O)O)Cc1ccc(F)cc1. The molecule has 0 unspecified atom stereocenters. The van der Waals surface area contributed by atoms with E-state index in [1.165, 1.54) is 23.1 Å². The van der Waals surface area contributed by atoms with Gasteiger partial charge >= 0.3 is 5.97 Å². The second-order valence-electron chi connectivity index (χ2n) is 4.75. The number of carbonyl (C=O) groups is 2. The second kappa shape index (κ2) is 7.43. The van der Waals surface area contributed by atoms with Crippen molar-refractivity contribution in [3.63, 3.8) is 0 Å². The molecule has 20 heavy (non-hydrogen) atoms. The van der Waals surface area contributed by atoms with Crippen LogP contribution in [0, 0.1) is 5.82 Å². The molecule has 0 saturated heterocycles. The molecule has 0 aliphatic heterocycles. The molecule has 0 atom stereocenters. The van der Waals surface area contributed by atoms with Crippen molar-refractivity contribution in [3.8, 4) is 0 Å². The van der Waals surface area contributed by atoms with Crippen molar-refractivity contribution >= 4 is 11.9 Å². The van der Waals surface area contributed by atoms with Crippen LogP contribution in [0.2, 0.25) is 0 Å². The van der Waals surface area contributed by atoms with Crippen molar-refractivity contribution < 1.29 is 19.1 Å². The van der Waals surface area contributed by atoms with Crippen LogP contribution >= 0.6 is 0 Å². The van der Waals surface area contributed by atoms with Gasteiger partial charge in [0.15, 0.2) is 0 Å². The van der Waals surface area contributed by atoms with E-state index in [0.29, 0.717) is 0 Å². The first-order valence-corrected chi connectivity index (χ1v) is 6.28. The standard InChI is InChI=1S/C15H18FNO3/c1-11(2)9-14(18)17(8-7-15(19)20)10-12-3-5-13(16)6-4-12/h3-6,9H,7-8,10H2,1-2H3,(H,19,20). The molecule has 0 aromatic heterocycles. The summed E-state index contributed by atoms with van der Waals surface area (Å²) in [6, 6.07) is 5.80. The van der Waals surface area contributed by atoms with Crippen molar-refractivity contribution in [1.29, 1.82) is 0 Å². The Balaban J connectivity index is 2.81. The largest absolute Gasteiger partial charge is 0.481 e. The van der Waals surface area contributed by atoms with Crippen LogP contribution in [0.4, 0.5) is 4.39 Å². The molecule has 108 valence electrons. The summed E-state index contributed by atoms with van der Waals surface area (Å²) in [7, 11) is 0. The summed E-state index contributed by atoms with van der Waals surface area (Å²) in [5.41, 5.74) is 1.60. The van der Waals surface area contributed by atoms with E-state index >= 15 is 0 Å². The number of carboxylic acids is 1. The highest BCUT2D eigenvalue weighted by Crippen LogP contribution is 2.09. The van der Waals surface area contributed by atoms with Gasteiger partial charge < -0.3 is 10.0 Å². The first-order valence-electron chi connectivity index (χ1n) is 6.28. The van der Waals surface area contributed by atoms with E-state index in [0.717, 1.165) is 11.1 Å². The topological polar surface area (TPSA) is 57.6 Å². The summed E-state index contributed by atoms with van der Waals surface area (Å²) in [6.45, 7) is 3.97. The Morgan fingerprint density at radius 1 is 1.25 bits per heavy atom. The van der Waals surface area contributed by atoms with Crippen LogP contribution in [0.5, 0.6) is 0 Å². The van der Waals surface area contributed by atoms with Crippen LogP contribution in [0.25, 0.3) is 0 Å². The molecule has 4 nitrogen and oxygen atoms in total. The van der Waals surface area contributed by atoms with Crippen LogP contribution < -0.4 is 0 Å². The maximum absolute atomic E-state index is 12.8. The van der Waals surface area contributed by atoms with E-state index in [1.54, 1.807) is 26.0 Å². The normalized spacial score (nSPS) is 9.95. The van der Waals surface area contributed by atoms with E-state index in [-0.39, 0.29) is 31.2 Å². The number of allylic oxidation sites excluding steroid dienone is 1. The van der Waals surface area contributed by atoms with Gasteiger partial charge in [0.25, 0.3) is 0 Å². The van der Waals surface area contributed by atoms with Crippen molar-refractivity contribution in [1.82, 2.24) is 4.90 Å². The Hall–Kier alpha value is -2.17. The summed E-state index contributed by atoms with van der Waals surface area (Å²) in [5.74, 6) is -1.55. The van der Waals surface area contributed by atoms with Gasteiger partial charge in [0, 0.05) is 19.2 Å². The monoisotopic (exact) mass is 279 g/mol. The van der Waals surface area contributed by atoms with Gasteiger partial charge in [-0.15, -0.1) is 0 Å². The minimum atomic E-state index is -0.959. The van der Waals surface area contributed by atoms with Crippen LogP contribution in [0.3, 0.4) is 0 Å². The molecule has 1 N–H and O–H groups in total. The molecule has 0 aliphatic rings.